The molecule has 0 aliphatic carbocycles. The molecule has 0 saturated carbocycles. The molecule has 0 radical (unpaired) electrons. The van der Waals surface area contributed by atoms with Crippen LogP contribution in [0.2, 0.25) is 0 Å². The van der Waals surface area contributed by atoms with Gasteiger partial charge in [0.05, 0.1) is 25.8 Å². The lowest BCUT2D eigenvalue weighted by Crippen LogP contribution is -2.46. The van der Waals surface area contributed by atoms with Crippen molar-refractivity contribution in [3.8, 4) is 17.4 Å². The average molecular weight is 580 g/mol. The van der Waals surface area contributed by atoms with Crippen LogP contribution in [0, 0.1) is 0 Å². The number of fused-ring (bicyclic) bond motifs is 2. The fourth-order valence-corrected chi connectivity index (χ4v) is 6.24. The quantitative estimate of drug-likeness (QED) is 0.172. The molecule has 6 rings (SSSR count). The number of pyridine rings is 1. The van der Waals surface area contributed by atoms with E-state index in [1.807, 2.05) is 47.0 Å². The van der Waals surface area contributed by atoms with E-state index in [1.54, 1.807) is 14.2 Å². The van der Waals surface area contributed by atoms with Gasteiger partial charge in [-0.25, -0.2) is 4.98 Å². The molecule has 3 aromatic carbocycles. The van der Waals surface area contributed by atoms with Gasteiger partial charge in [-0.2, -0.15) is 0 Å². The van der Waals surface area contributed by atoms with Crippen LogP contribution in [0.5, 0.6) is 17.4 Å². The summed E-state index contributed by atoms with van der Waals surface area (Å²) in [4.78, 5) is 9.69. The second kappa shape index (κ2) is 12.8. The zero-order valence-electron chi connectivity index (χ0n) is 25.3. The zero-order valence-corrected chi connectivity index (χ0v) is 25.3. The Morgan fingerprint density at radius 2 is 1.70 bits per heavy atom. The molecule has 1 aliphatic heterocycles. The topological polar surface area (TPSA) is 75.0 Å². The molecule has 43 heavy (non-hydrogen) atoms. The number of methoxy groups -OCH3 is 2. The molecule has 1 atom stereocenters. The maximum Gasteiger partial charge on any atom is 0.199 e. The maximum atomic E-state index is 11.6. The first kappa shape index (κ1) is 28.7. The minimum absolute atomic E-state index is 0.108. The molecule has 1 aliphatic rings. The van der Waals surface area contributed by atoms with E-state index in [2.05, 4.69) is 58.6 Å². The minimum Gasteiger partial charge on any atom is -0.494 e. The highest BCUT2D eigenvalue weighted by atomic mass is 16.5. The summed E-state index contributed by atoms with van der Waals surface area (Å²) in [5, 5.41) is 18.2. The summed E-state index contributed by atoms with van der Waals surface area (Å²) >= 11 is 0. The Morgan fingerprint density at radius 1 is 0.884 bits per heavy atom. The second-order valence-corrected chi connectivity index (χ2v) is 11.1. The third-order valence-corrected chi connectivity index (χ3v) is 8.68. The van der Waals surface area contributed by atoms with Crippen molar-refractivity contribution >= 4 is 33.2 Å². The smallest absolute Gasteiger partial charge is 0.199 e. The van der Waals surface area contributed by atoms with Gasteiger partial charge in [0.2, 0.25) is 0 Å². The molecule has 3 heterocycles. The van der Waals surface area contributed by atoms with Gasteiger partial charge in [0, 0.05) is 60.8 Å². The number of hydrogen-bond donors (Lipinski definition) is 2. The van der Waals surface area contributed by atoms with E-state index in [4.69, 9.17) is 14.5 Å². The van der Waals surface area contributed by atoms with Crippen LogP contribution in [0.4, 0.5) is 11.5 Å². The third kappa shape index (κ3) is 5.92. The number of para-hydroxylation sites is 1. The first-order chi connectivity index (χ1) is 21.1. The predicted molar refractivity (Wildman–Crippen MR) is 175 cm³/mol. The van der Waals surface area contributed by atoms with Crippen LogP contribution in [-0.2, 0) is 0 Å². The van der Waals surface area contributed by atoms with Crippen molar-refractivity contribution in [3.05, 3.63) is 84.6 Å². The number of piperazine rings is 1. The molecule has 2 N–H and O–H groups in total. The fourth-order valence-electron chi connectivity index (χ4n) is 6.24. The van der Waals surface area contributed by atoms with E-state index in [-0.39, 0.29) is 11.9 Å². The van der Waals surface area contributed by atoms with Gasteiger partial charge in [0.1, 0.15) is 5.82 Å². The van der Waals surface area contributed by atoms with Crippen molar-refractivity contribution < 1.29 is 14.6 Å². The maximum absolute atomic E-state index is 11.6. The number of anilines is 2. The van der Waals surface area contributed by atoms with Crippen LogP contribution < -0.4 is 19.7 Å². The van der Waals surface area contributed by atoms with Gasteiger partial charge in [-0.1, -0.05) is 37.3 Å². The molecule has 1 saturated heterocycles. The predicted octanol–water partition coefficient (Wildman–Crippen LogP) is 6.54. The Bertz CT molecular complexity index is 1690. The summed E-state index contributed by atoms with van der Waals surface area (Å²) in [7, 11) is 3.30. The van der Waals surface area contributed by atoms with Gasteiger partial charge in [-0.05, 0) is 67.4 Å². The molecular formula is C35H41N5O3. The molecule has 224 valence electrons. The third-order valence-electron chi connectivity index (χ3n) is 8.68. The van der Waals surface area contributed by atoms with Crippen LogP contribution >= 0.6 is 0 Å². The Kier molecular flexibility index (Phi) is 8.56. The van der Waals surface area contributed by atoms with Crippen LogP contribution in [-0.4, -0.2) is 73.0 Å². The lowest BCUT2D eigenvalue weighted by Gasteiger charge is -2.35. The molecule has 0 unspecified atom stereocenters. The number of aromatic hydroxyl groups is 1. The lowest BCUT2D eigenvalue weighted by molar-refractivity contribution is 0.271. The largest absolute Gasteiger partial charge is 0.494 e. The molecule has 2 aromatic heterocycles. The fraction of sp³-hybridized carbons (Fsp3) is 0.343. The lowest BCUT2D eigenvalue weighted by atomic mass is 10.0. The van der Waals surface area contributed by atoms with E-state index >= 15 is 0 Å². The summed E-state index contributed by atoms with van der Waals surface area (Å²) in [6.07, 6.45) is 3.80. The highest BCUT2D eigenvalue weighted by molar-refractivity contribution is 5.98. The van der Waals surface area contributed by atoms with E-state index in [0.29, 0.717) is 11.5 Å². The van der Waals surface area contributed by atoms with Crippen LogP contribution in [0.1, 0.15) is 31.4 Å². The summed E-state index contributed by atoms with van der Waals surface area (Å²) < 4.78 is 13.2. The SMILES string of the molecule is CCN1CCN(c2cccc3c(O)n([C@H](CCCNc4ccc5ccccc5n4)c4ccc(OC)c(OC)c4)cc23)CC1. The number of nitrogens with zero attached hydrogens (tertiary/aromatic N) is 4. The van der Waals surface area contributed by atoms with Gasteiger partial charge in [-0.15, -0.1) is 0 Å². The Morgan fingerprint density at radius 3 is 2.49 bits per heavy atom. The zero-order chi connectivity index (χ0) is 29.8. The van der Waals surface area contributed by atoms with Gasteiger partial charge >= 0.3 is 0 Å². The molecule has 0 spiro atoms. The average Bonchev–Trinajstić information content (AvgIpc) is 3.40. The highest BCUT2D eigenvalue weighted by Crippen LogP contribution is 2.40. The molecular weight excluding hydrogens is 538 g/mol. The molecule has 0 amide bonds. The minimum atomic E-state index is -0.108. The van der Waals surface area contributed by atoms with Crippen molar-refractivity contribution in [2.45, 2.75) is 25.8 Å². The van der Waals surface area contributed by atoms with Gasteiger partial charge in [-0.3, -0.25) is 0 Å². The summed E-state index contributed by atoms with van der Waals surface area (Å²) in [6, 6.07) is 24.5. The second-order valence-electron chi connectivity index (χ2n) is 11.1. The van der Waals surface area contributed by atoms with Gasteiger partial charge in [0.15, 0.2) is 17.4 Å². The van der Waals surface area contributed by atoms with Crippen molar-refractivity contribution in [2.75, 3.05) is 63.7 Å². The number of nitrogens with one attached hydrogen (secondary N) is 1. The van der Waals surface area contributed by atoms with E-state index in [0.717, 1.165) is 85.2 Å². The highest BCUT2D eigenvalue weighted by Gasteiger charge is 2.24. The number of hydrogen-bond acceptors (Lipinski definition) is 7. The van der Waals surface area contributed by atoms with Crippen LogP contribution in [0.25, 0.3) is 21.7 Å². The standard InChI is InChI=1S/C35H41N5O3/c1-4-38-19-21-39(22-20-38)31-12-7-10-27-28(31)24-40(35(27)41)30(26-14-16-32(42-2)33(23-26)43-3)13-8-18-36-34-17-15-25-9-5-6-11-29(25)37-34/h5-7,9-12,14-17,23-24,30,41H,4,8,13,18-22H2,1-3H3,(H,36,37)/t30-/m1/s1. The number of aromatic nitrogens is 2. The van der Waals surface area contributed by atoms with Gasteiger partial charge < -0.3 is 34.3 Å². The van der Waals surface area contributed by atoms with Crippen molar-refractivity contribution in [3.63, 3.8) is 0 Å². The van der Waals surface area contributed by atoms with Crippen molar-refractivity contribution in [2.24, 2.45) is 0 Å². The number of rotatable bonds is 11. The van der Waals surface area contributed by atoms with Gasteiger partial charge in [0.25, 0.3) is 0 Å². The first-order valence-electron chi connectivity index (χ1n) is 15.2. The number of ether oxygens (including phenoxy) is 2. The molecule has 8 heteroatoms. The van der Waals surface area contributed by atoms with E-state index < -0.39 is 0 Å². The molecule has 8 nitrogen and oxygen atoms in total. The Balaban J connectivity index is 1.29. The number of likely N-dealkylation sites (N-methyl/N-ethyl adjacent to an activating group) is 1. The molecule has 1 fully saturated rings. The summed E-state index contributed by atoms with van der Waals surface area (Å²) in [6.45, 7) is 8.10. The Labute approximate surface area is 253 Å². The van der Waals surface area contributed by atoms with Crippen LogP contribution in [0.3, 0.4) is 0 Å². The molecule has 0 bridgehead atoms. The van der Waals surface area contributed by atoms with E-state index in [9.17, 15) is 5.11 Å². The number of benzene rings is 3. The first-order valence-corrected chi connectivity index (χ1v) is 15.2. The van der Waals surface area contributed by atoms with E-state index in [1.165, 1.54) is 5.69 Å². The summed E-state index contributed by atoms with van der Waals surface area (Å²) in [5.74, 6) is 2.51. The Hall–Kier alpha value is -4.43. The normalized spacial score (nSPS) is 14.7. The summed E-state index contributed by atoms with van der Waals surface area (Å²) in [5.41, 5.74) is 3.21. The van der Waals surface area contributed by atoms with Crippen molar-refractivity contribution in [1.29, 1.82) is 0 Å². The van der Waals surface area contributed by atoms with Crippen LogP contribution in [0.15, 0.2) is 79.0 Å². The molecule has 5 aromatic rings. The monoisotopic (exact) mass is 579 g/mol. The van der Waals surface area contributed by atoms with Crippen molar-refractivity contribution in [1.82, 2.24) is 14.5 Å².